The lowest BCUT2D eigenvalue weighted by Gasteiger charge is -2.33. The first kappa shape index (κ1) is 18.2. The van der Waals surface area contributed by atoms with Crippen molar-refractivity contribution in [3.05, 3.63) is 35.9 Å². The van der Waals surface area contributed by atoms with Gasteiger partial charge in [0.2, 0.25) is 5.91 Å². The first-order valence-electron chi connectivity index (χ1n) is 9.05. The molecular weight excluding hydrogens is 336 g/mol. The van der Waals surface area contributed by atoms with Crippen molar-refractivity contribution in [1.82, 2.24) is 9.80 Å². The molecule has 1 N–H and O–H groups in total. The number of benzene rings is 1. The first-order chi connectivity index (χ1) is 12.6. The van der Waals surface area contributed by atoms with Crippen LogP contribution in [0.4, 0.5) is 4.79 Å². The van der Waals surface area contributed by atoms with Crippen LogP contribution in [0.5, 0.6) is 0 Å². The number of nitrogens with zero attached hydrogens (tertiary/aromatic N) is 2. The molecule has 7 heteroatoms. The van der Waals surface area contributed by atoms with Crippen LogP contribution in [0.25, 0.3) is 0 Å². The maximum absolute atomic E-state index is 12.9. The molecule has 2 amide bonds. The first-order valence-corrected chi connectivity index (χ1v) is 9.05. The van der Waals surface area contributed by atoms with E-state index in [0.717, 1.165) is 12.0 Å². The van der Waals surface area contributed by atoms with Gasteiger partial charge in [0.25, 0.3) is 0 Å². The van der Waals surface area contributed by atoms with E-state index in [9.17, 15) is 14.4 Å². The van der Waals surface area contributed by atoms with Gasteiger partial charge < -0.3 is 19.6 Å². The molecule has 1 aromatic carbocycles. The molecule has 0 saturated carbocycles. The Balaban J connectivity index is 1.59. The third kappa shape index (κ3) is 4.15. The molecule has 140 valence electrons. The van der Waals surface area contributed by atoms with Crippen molar-refractivity contribution in [3.63, 3.8) is 0 Å². The van der Waals surface area contributed by atoms with Gasteiger partial charge in [-0.25, -0.2) is 9.59 Å². The summed E-state index contributed by atoms with van der Waals surface area (Å²) >= 11 is 0. The summed E-state index contributed by atoms with van der Waals surface area (Å²) in [5, 5.41) is 9.15. The second-order valence-corrected chi connectivity index (χ2v) is 6.85. The van der Waals surface area contributed by atoms with E-state index in [1.54, 1.807) is 4.90 Å². The van der Waals surface area contributed by atoms with Gasteiger partial charge in [-0.05, 0) is 31.2 Å². The molecule has 2 fully saturated rings. The topological polar surface area (TPSA) is 87.2 Å². The second kappa shape index (κ2) is 8.21. The van der Waals surface area contributed by atoms with Gasteiger partial charge >= 0.3 is 12.1 Å². The largest absolute Gasteiger partial charge is 0.465 e. The van der Waals surface area contributed by atoms with E-state index >= 15 is 0 Å². The fourth-order valence-corrected chi connectivity index (χ4v) is 3.69. The minimum absolute atomic E-state index is 0.130. The standard InChI is InChI=1S/C19H24N2O5/c22-17(15-8-4-10-20(12-15)19(24)25)21-11-5-9-16(21)18(23)26-13-14-6-2-1-3-7-14/h1-3,6-7,15-16H,4-5,8-13H2,(H,24,25). The van der Waals surface area contributed by atoms with Crippen molar-refractivity contribution >= 4 is 18.0 Å². The number of hydrogen-bond donors (Lipinski definition) is 1. The van der Waals surface area contributed by atoms with Crippen molar-refractivity contribution < 1.29 is 24.2 Å². The van der Waals surface area contributed by atoms with Crippen LogP contribution >= 0.6 is 0 Å². The molecule has 2 aliphatic rings. The second-order valence-electron chi connectivity index (χ2n) is 6.85. The highest BCUT2D eigenvalue weighted by Crippen LogP contribution is 2.25. The van der Waals surface area contributed by atoms with Crippen LogP contribution in [0.3, 0.4) is 0 Å². The Kier molecular flexibility index (Phi) is 5.75. The maximum atomic E-state index is 12.9. The molecule has 0 radical (unpaired) electrons. The zero-order valence-electron chi connectivity index (χ0n) is 14.7. The molecular formula is C19H24N2O5. The minimum Gasteiger partial charge on any atom is -0.465 e. The van der Waals surface area contributed by atoms with Gasteiger partial charge in [0, 0.05) is 19.6 Å². The number of rotatable bonds is 4. The molecule has 0 aliphatic carbocycles. The summed E-state index contributed by atoms with van der Waals surface area (Å²) in [5.74, 6) is -0.886. The molecule has 2 heterocycles. The lowest BCUT2D eigenvalue weighted by Crippen LogP contribution is -2.49. The SMILES string of the molecule is O=C(OCc1ccccc1)C1CCCN1C(=O)C1CCCN(C(=O)O)C1. The van der Waals surface area contributed by atoms with E-state index in [0.29, 0.717) is 32.4 Å². The van der Waals surface area contributed by atoms with Crippen molar-refractivity contribution in [1.29, 1.82) is 0 Å². The summed E-state index contributed by atoms with van der Waals surface area (Å²) in [4.78, 5) is 39.4. The van der Waals surface area contributed by atoms with E-state index < -0.39 is 12.1 Å². The minimum atomic E-state index is -0.997. The average Bonchev–Trinajstić information content (AvgIpc) is 3.16. The molecule has 2 saturated heterocycles. The average molecular weight is 360 g/mol. The Labute approximate surface area is 152 Å². The predicted octanol–water partition coefficient (Wildman–Crippen LogP) is 2.11. The molecule has 0 bridgehead atoms. The van der Waals surface area contributed by atoms with Crippen molar-refractivity contribution in [2.75, 3.05) is 19.6 Å². The fourth-order valence-electron chi connectivity index (χ4n) is 3.69. The number of carbonyl (C=O) groups excluding carboxylic acids is 2. The smallest absolute Gasteiger partial charge is 0.407 e. The summed E-state index contributed by atoms with van der Waals surface area (Å²) < 4.78 is 5.40. The van der Waals surface area contributed by atoms with Crippen LogP contribution in [0, 0.1) is 5.92 Å². The molecule has 2 aliphatic heterocycles. The van der Waals surface area contributed by atoms with Crippen LogP contribution in [-0.2, 0) is 20.9 Å². The van der Waals surface area contributed by atoms with Crippen LogP contribution in [0.15, 0.2) is 30.3 Å². The van der Waals surface area contributed by atoms with Gasteiger partial charge in [-0.15, -0.1) is 0 Å². The van der Waals surface area contributed by atoms with Crippen molar-refractivity contribution in [2.24, 2.45) is 5.92 Å². The molecule has 7 nitrogen and oxygen atoms in total. The van der Waals surface area contributed by atoms with Crippen LogP contribution in [0.2, 0.25) is 0 Å². The highest BCUT2D eigenvalue weighted by atomic mass is 16.5. The Bertz CT molecular complexity index is 663. The number of ether oxygens (including phenoxy) is 1. The summed E-state index contributed by atoms with van der Waals surface area (Å²) in [6, 6.07) is 8.86. The predicted molar refractivity (Wildman–Crippen MR) is 93.3 cm³/mol. The van der Waals surface area contributed by atoms with E-state index in [1.807, 2.05) is 30.3 Å². The summed E-state index contributed by atoms with van der Waals surface area (Å²) in [5.41, 5.74) is 0.904. The van der Waals surface area contributed by atoms with E-state index in [2.05, 4.69) is 0 Å². The molecule has 0 spiro atoms. The van der Waals surface area contributed by atoms with Gasteiger partial charge in [0.1, 0.15) is 12.6 Å². The fraction of sp³-hybridized carbons (Fsp3) is 0.526. The zero-order chi connectivity index (χ0) is 18.5. The number of piperidine rings is 1. The van der Waals surface area contributed by atoms with Crippen LogP contribution in [-0.4, -0.2) is 58.6 Å². The number of likely N-dealkylation sites (tertiary alicyclic amines) is 2. The molecule has 26 heavy (non-hydrogen) atoms. The van der Waals surface area contributed by atoms with Gasteiger partial charge in [-0.3, -0.25) is 4.79 Å². The highest BCUT2D eigenvalue weighted by Gasteiger charge is 2.39. The molecule has 2 unspecified atom stereocenters. The number of esters is 1. The monoisotopic (exact) mass is 360 g/mol. The Morgan fingerprint density at radius 1 is 1.08 bits per heavy atom. The Morgan fingerprint density at radius 2 is 1.81 bits per heavy atom. The van der Waals surface area contributed by atoms with E-state index in [-0.39, 0.29) is 30.9 Å². The van der Waals surface area contributed by atoms with Crippen LogP contribution in [0.1, 0.15) is 31.2 Å². The van der Waals surface area contributed by atoms with Crippen LogP contribution < -0.4 is 0 Å². The van der Waals surface area contributed by atoms with Gasteiger partial charge in [-0.2, -0.15) is 0 Å². The molecule has 0 aromatic heterocycles. The number of hydrogen-bond acceptors (Lipinski definition) is 4. The van der Waals surface area contributed by atoms with Gasteiger partial charge in [0.05, 0.1) is 5.92 Å². The van der Waals surface area contributed by atoms with E-state index in [1.165, 1.54) is 4.90 Å². The van der Waals surface area contributed by atoms with Crippen molar-refractivity contribution in [2.45, 2.75) is 38.3 Å². The number of carbonyl (C=O) groups is 3. The lowest BCUT2D eigenvalue weighted by molar-refractivity contribution is -0.156. The zero-order valence-corrected chi connectivity index (χ0v) is 14.7. The molecule has 3 rings (SSSR count). The third-order valence-corrected chi connectivity index (χ3v) is 5.07. The van der Waals surface area contributed by atoms with Gasteiger partial charge in [0.15, 0.2) is 0 Å². The van der Waals surface area contributed by atoms with Crippen molar-refractivity contribution in [3.8, 4) is 0 Å². The van der Waals surface area contributed by atoms with E-state index in [4.69, 9.17) is 9.84 Å². The normalized spacial score (nSPS) is 22.9. The lowest BCUT2D eigenvalue weighted by atomic mass is 9.96. The Morgan fingerprint density at radius 3 is 2.54 bits per heavy atom. The summed E-state index contributed by atoms with van der Waals surface area (Å²) in [6.07, 6.45) is 1.67. The quantitative estimate of drug-likeness (QED) is 0.831. The summed E-state index contributed by atoms with van der Waals surface area (Å²) in [6.45, 7) is 1.38. The Hall–Kier alpha value is -2.57. The number of amides is 2. The third-order valence-electron chi connectivity index (χ3n) is 5.07. The summed E-state index contributed by atoms with van der Waals surface area (Å²) in [7, 11) is 0. The highest BCUT2D eigenvalue weighted by molar-refractivity contribution is 5.87. The molecule has 1 aromatic rings. The van der Waals surface area contributed by atoms with Gasteiger partial charge in [-0.1, -0.05) is 30.3 Å². The molecule has 2 atom stereocenters. The maximum Gasteiger partial charge on any atom is 0.407 e. The number of carboxylic acid groups (broad SMARTS) is 1.